The van der Waals surface area contributed by atoms with Crippen LogP contribution in [0.2, 0.25) is 0 Å². The standard InChI is InChI=1S/C16H26O5S.C15H24O6S/c1-3-4-5-10-19-11-12-20-13-14-21-22(17,18)16-8-6-15(2)7-9-16;1-14-4-6-15(7-5-14)22(17,18)21-13-12-20-11-10-19-9-3-2-8-16/h6-9H,3-5,10-14H2,1-2H3;4-7,16H,2-3,8-13H2,1H3. The van der Waals surface area contributed by atoms with E-state index in [4.69, 9.17) is 32.4 Å². The van der Waals surface area contributed by atoms with E-state index in [9.17, 15) is 16.8 Å². The maximum Gasteiger partial charge on any atom is 0.297 e. The van der Waals surface area contributed by atoms with Crippen LogP contribution in [0.4, 0.5) is 0 Å². The first-order valence-electron chi connectivity index (χ1n) is 15.0. The molecule has 2 rings (SSSR count). The van der Waals surface area contributed by atoms with E-state index in [2.05, 4.69) is 6.92 Å². The average Bonchev–Trinajstić information content (AvgIpc) is 3.00. The lowest BCUT2D eigenvalue weighted by molar-refractivity contribution is 0.0352. The summed E-state index contributed by atoms with van der Waals surface area (Å²) < 4.78 is 78.4. The van der Waals surface area contributed by atoms with Gasteiger partial charge in [0.15, 0.2) is 0 Å². The van der Waals surface area contributed by atoms with E-state index in [1.54, 1.807) is 24.3 Å². The van der Waals surface area contributed by atoms with E-state index in [1.807, 2.05) is 13.8 Å². The first-order chi connectivity index (χ1) is 21.1. The Morgan fingerprint density at radius 1 is 0.500 bits per heavy atom. The van der Waals surface area contributed by atoms with E-state index in [0.29, 0.717) is 33.0 Å². The first kappa shape index (κ1) is 40.1. The minimum absolute atomic E-state index is 0.00600. The fourth-order valence-corrected chi connectivity index (χ4v) is 5.15. The number of benzene rings is 2. The lowest BCUT2D eigenvalue weighted by Gasteiger charge is -2.07. The van der Waals surface area contributed by atoms with Crippen molar-refractivity contribution in [2.24, 2.45) is 0 Å². The number of ether oxygens (including phenoxy) is 4. The molecular formula is C31H50O11S2. The van der Waals surface area contributed by atoms with Crippen LogP contribution in [0.5, 0.6) is 0 Å². The summed E-state index contributed by atoms with van der Waals surface area (Å²) in [7, 11) is -7.42. The lowest BCUT2D eigenvalue weighted by Crippen LogP contribution is -2.13. The predicted octanol–water partition coefficient (Wildman–Crippen LogP) is 4.43. The monoisotopic (exact) mass is 662 g/mol. The number of hydrogen-bond acceptors (Lipinski definition) is 11. The molecule has 0 radical (unpaired) electrons. The third-order valence-corrected chi connectivity index (χ3v) is 8.54. The Hall–Kier alpha value is -1.94. The van der Waals surface area contributed by atoms with Gasteiger partial charge in [0.1, 0.15) is 0 Å². The largest absolute Gasteiger partial charge is 0.396 e. The predicted molar refractivity (Wildman–Crippen MR) is 168 cm³/mol. The van der Waals surface area contributed by atoms with Crippen molar-refractivity contribution in [2.45, 2.75) is 62.7 Å². The molecule has 0 atom stereocenters. The molecular weight excluding hydrogens is 612 g/mol. The lowest BCUT2D eigenvalue weighted by atomic mass is 10.2. The topological polar surface area (TPSA) is 144 Å². The van der Waals surface area contributed by atoms with Crippen molar-refractivity contribution in [3.63, 3.8) is 0 Å². The van der Waals surface area contributed by atoms with Crippen LogP contribution in [0.25, 0.3) is 0 Å². The Bertz CT molecular complexity index is 1090. The van der Waals surface area contributed by atoms with Gasteiger partial charge in [-0.3, -0.25) is 8.37 Å². The van der Waals surface area contributed by atoms with Crippen molar-refractivity contribution in [2.75, 3.05) is 72.7 Å². The SMILES string of the molecule is CCCCCOCCOCCOS(=O)(=O)c1ccc(C)cc1.Cc1ccc(S(=O)(=O)OCCOCCOCCCCO)cc1. The van der Waals surface area contributed by atoms with Crippen molar-refractivity contribution >= 4 is 20.2 Å². The highest BCUT2D eigenvalue weighted by Gasteiger charge is 2.15. The second-order valence-corrected chi connectivity index (χ2v) is 13.0. The fraction of sp³-hybridized carbons (Fsp3) is 0.613. The Balaban J connectivity index is 0.000000440. The van der Waals surface area contributed by atoms with Crippen molar-refractivity contribution in [1.29, 1.82) is 0 Å². The molecule has 0 unspecified atom stereocenters. The third kappa shape index (κ3) is 19.4. The Kier molecular flexibility index (Phi) is 22.1. The van der Waals surface area contributed by atoms with Gasteiger partial charge < -0.3 is 24.1 Å². The summed E-state index contributed by atoms with van der Waals surface area (Å²) in [6, 6.07) is 13.0. The zero-order chi connectivity index (χ0) is 32.5. The van der Waals surface area contributed by atoms with Gasteiger partial charge in [-0.05, 0) is 57.4 Å². The summed E-state index contributed by atoms with van der Waals surface area (Å²) in [5, 5.41) is 8.58. The van der Waals surface area contributed by atoms with Gasteiger partial charge in [0.2, 0.25) is 0 Å². The van der Waals surface area contributed by atoms with Crippen LogP contribution in [-0.4, -0.2) is 94.6 Å². The Morgan fingerprint density at radius 2 is 0.841 bits per heavy atom. The van der Waals surface area contributed by atoms with Gasteiger partial charge in [0.05, 0.1) is 62.6 Å². The van der Waals surface area contributed by atoms with Crippen LogP contribution < -0.4 is 0 Å². The molecule has 0 saturated heterocycles. The van der Waals surface area contributed by atoms with Crippen molar-refractivity contribution in [3.8, 4) is 0 Å². The number of aliphatic hydroxyl groups is 1. The Labute approximate surface area is 264 Å². The summed E-state index contributed by atoms with van der Waals surface area (Å²) in [5.74, 6) is 0. The maximum absolute atomic E-state index is 11.9. The van der Waals surface area contributed by atoms with Crippen LogP contribution in [0.3, 0.4) is 0 Å². The smallest absolute Gasteiger partial charge is 0.297 e. The first-order valence-corrected chi connectivity index (χ1v) is 17.8. The molecule has 0 heterocycles. The summed E-state index contributed by atoms with van der Waals surface area (Å²) >= 11 is 0. The summed E-state index contributed by atoms with van der Waals surface area (Å²) in [5.41, 5.74) is 1.99. The van der Waals surface area contributed by atoms with Crippen LogP contribution in [0.15, 0.2) is 58.3 Å². The molecule has 0 aliphatic carbocycles. The zero-order valence-electron chi connectivity index (χ0n) is 26.3. The number of unbranched alkanes of at least 4 members (excludes halogenated alkanes) is 3. The molecule has 0 aromatic heterocycles. The molecule has 0 aliphatic heterocycles. The van der Waals surface area contributed by atoms with Gasteiger partial charge in [0.25, 0.3) is 20.2 Å². The van der Waals surface area contributed by atoms with E-state index >= 15 is 0 Å². The van der Waals surface area contributed by atoms with E-state index < -0.39 is 20.2 Å². The van der Waals surface area contributed by atoms with Gasteiger partial charge in [0, 0.05) is 19.8 Å². The second-order valence-electron chi connectivity index (χ2n) is 9.77. The second kappa shape index (κ2) is 24.3. The van der Waals surface area contributed by atoms with Crippen molar-refractivity contribution in [3.05, 3.63) is 59.7 Å². The van der Waals surface area contributed by atoms with E-state index in [-0.39, 0.29) is 42.8 Å². The Morgan fingerprint density at radius 3 is 1.20 bits per heavy atom. The molecule has 0 saturated carbocycles. The third-order valence-electron chi connectivity index (χ3n) is 5.88. The molecule has 2 aromatic rings. The molecule has 0 aliphatic rings. The molecule has 0 amide bonds. The molecule has 252 valence electrons. The molecule has 0 fully saturated rings. The summed E-state index contributed by atoms with van der Waals surface area (Å²) in [6.07, 6.45) is 4.95. The van der Waals surface area contributed by atoms with Crippen LogP contribution in [-0.2, 0) is 47.5 Å². The molecule has 13 heteroatoms. The number of rotatable bonds is 24. The molecule has 1 N–H and O–H groups in total. The average molecular weight is 663 g/mol. The highest BCUT2D eigenvalue weighted by Crippen LogP contribution is 2.14. The summed E-state index contributed by atoms with van der Waals surface area (Å²) in [4.78, 5) is 0.308. The molecule has 2 aromatic carbocycles. The maximum atomic E-state index is 11.9. The van der Waals surface area contributed by atoms with E-state index in [0.717, 1.165) is 37.0 Å². The van der Waals surface area contributed by atoms with Gasteiger partial charge in [-0.15, -0.1) is 0 Å². The highest BCUT2D eigenvalue weighted by atomic mass is 32.2. The van der Waals surface area contributed by atoms with Gasteiger partial charge in [-0.2, -0.15) is 16.8 Å². The highest BCUT2D eigenvalue weighted by molar-refractivity contribution is 7.87. The molecule has 44 heavy (non-hydrogen) atoms. The molecule has 0 bridgehead atoms. The minimum atomic E-state index is -3.72. The quantitative estimate of drug-likeness (QED) is 0.126. The normalized spacial score (nSPS) is 11.7. The number of hydrogen-bond donors (Lipinski definition) is 1. The number of aryl methyl sites for hydroxylation is 2. The fourth-order valence-electron chi connectivity index (χ4n) is 3.37. The molecule has 11 nitrogen and oxygen atoms in total. The van der Waals surface area contributed by atoms with Gasteiger partial charge in [-0.25, -0.2) is 0 Å². The van der Waals surface area contributed by atoms with Crippen molar-refractivity contribution in [1.82, 2.24) is 0 Å². The van der Waals surface area contributed by atoms with E-state index in [1.165, 1.54) is 37.1 Å². The van der Waals surface area contributed by atoms with Crippen molar-refractivity contribution < 1.29 is 49.3 Å². The van der Waals surface area contributed by atoms with Crippen LogP contribution in [0, 0.1) is 13.8 Å². The van der Waals surface area contributed by atoms with Crippen LogP contribution >= 0.6 is 0 Å². The number of aliphatic hydroxyl groups excluding tert-OH is 1. The van der Waals surface area contributed by atoms with Crippen LogP contribution in [0.1, 0.15) is 50.2 Å². The van der Waals surface area contributed by atoms with Gasteiger partial charge in [-0.1, -0.05) is 55.2 Å². The molecule has 0 spiro atoms. The minimum Gasteiger partial charge on any atom is -0.396 e. The summed E-state index contributed by atoms with van der Waals surface area (Å²) in [6.45, 7) is 9.61. The van der Waals surface area contributed by atoms with Gasteiger partial charge >= 0.3 is 0 Å². The zero-order valence-corrected chi connectivity index (χ0v) is 27.9.